The van der Waals surface area contributed by atoms with Gasteiger partial charge in [-0.2, -0.15) is 0 Å². The Balaban J connectivity index is 1.76. The number of hydrogen-bond donors (Lipinski definition) is 7. The van der Waals surface area contributed by atoms with Crippen molar-refractivity contribution in [2.75, 3.05) is 33.0 Å². The number of allylic oxidation sites excluding steroid dienone is 8. The summed E-state index contributed by atoms with van der Waals surface area (Å²) in [5, 5.41) is 72.0. The van der Waals surface area contributed by atoms with Crippen LogP contribution in [0.3, 0.4) is 0 Å². The van der Waals surface area contributed by atoms with Crippen molar-refractivity contribution in [3.63, 3.8) is 0 Å². The smallest absolute Gasteiger partial charge is 0.306 e. The molecule has 0 amide bonds. The maximum absolute atomic E-state index is 12.9. The number of ether oxygens (including phenoxy) is 6. The van der Waals surface area contributed by atoms with Crippen LogP contribution >= 0.6 is 0 Å². The molecule has 64 heavy (non-hydrogen) atoms. The first-order chi connectivity index (χ1) is 31.1. The molecule has 2 fully saturated rings. The molecule has 11 unspecified atom stereocenters. The summed E-state index contributed by atoms with van der Waals surface area (Å²) in [6.45, 7) is 3.52. The van der Waals surface area contributed by atoms with Gasteiger partial charge in [0.1, 0.15) is 54.9 Å². The Labute approximate surface area is 384 Å². The fraction of sp³-hybridized carbons (Fsp3) is 0.820. The Morgan fingerprint density at radius 2 is 1.02 bits per heavy atom. The van der Waals surface area contributed by atoms with Gasteiger partial charge in [0.15, 0.2) is 12.6 Å². The molecular formula is C50H88O14. The first-order valence-electron chi connectivity index (χ1n) is 24.7. The van der Waals surface area contributed by atoms with E-state index in [9.17, 15) is 40.5 Å². The zero-order chi connectivity index (χ0) is 46.6. The topological polar surface area (TPSA) is 214 Å². The molecule has 0 spiro atoms. The van der Waals surface area contributed by atoms with Crippen molar-refractivity contribution in [2.45, 2.75) is 229 Å². The van der Waals surface area contributed by atoms with E-state index in [1.54, 1.807) is 0 Å². The third-order valence-corrected chi connectivity index (χ3v) is 11.6. The average Bonchev–Trinajstić information content (AvgIpc) is 3.29. The first-order valence-corrected chi connectivity index (χ1v) is 24.7. The number of aliphatic hydroxyl groups excluding tert-OH is 7. The number of aliphatic hydroxyl groups is 7. The molecule has 372 valence electrons. The Morgan fingerprint density at radius 3 is 1.59 bits per heavy atom. The van der Waals surface area contributed by atoms with E-state index in [1.165, 1.54) is 64.2 Å². The maximum Gasteiger partial charge on any atom is 0.306 e. The lowest BCUT2D eigenvalue weighted by Crippen LogP contribution is -2.61. The van der Waals surface area contributed by atoms with Crippen LogP contribution in [0.2, 0.25) is 0 Å². The summed E-state index contributed by atoms with van der Waals surface area (Å²) in [7, 11) is 0. The standard InChI is InChI=1S/C50H88O14/c1-3-5-7-9-11-13-15-16-17-18-19-20-21-22-23-24-26-28-30-32-34-59-36-39(62-42(52)33-31-29-27-25-14-12-10-8-6-4-2)37-60-49-48(58)46(56)44(54)41(64-49)38-61-50-47(57)45(55)43(53)40(35-51)63-50/h5,7,11,13,16-17,19-20,39-41,43-51,53-58H,3-4,6,8-10,12,14-15,18,21-38H2,1-2H3/b7-5-,13-11-,17-16-,20-19-. The highest BCUT2D eigenvalue weighted by Crippen LogP contribution is 2.26. The minimum Gasteiger partial charge on any atom is -0.457 e. The molecule has 0 aromatic rings. The Bertz CT molecular complexity index is 1240. The van der Waals surface area contributed by atoms with Gasteiger partial charge in [-0.25, -0.2) is 0 Å². The van der Waals surface area contributed by atoms with Gasteiger partial charge in [-0.15, -0.1) is 0 Å². The fourth-order valence-corrected chi connectivity index (χ4v) is 7.57. The van der Waals surface area contributed by atoms with Crippen LogP contribution in [0.25, 0.3) is 0 Å². The molecule has 0 radical (unpaired) electrons. The van der Waals surface area contributed by atoms with Crippen molar-refractivity contribution in [1.29, 1.82) is 0 Å². The zero-order valence-corrected chi connectivity index (χ0v) is 39.3. The van der Waals surface area contributed by atoms with E-state index in [1.807, 2.05) is 0 Å². The summed E-state index contributed by atoms with van der Waals surface area (Å²) in [5.41, 5.74) is 0. The molecular weight excluding hydrogens is 825 g/mol. The second kappa shape index (κ2) is 38.0. The van der Waals surface area contributed by atoms with E-state index in [0.29, 0.717) is 13.0 Å². The first kappa shape index (κ1) is 58.1. The second-order valence-electron chi connectivity index (χ2n) is 17.3. The van der Waals surface area contributed by atoms with Gasteiger partial charge < -0.3 is 64.2 Å². The van der Waals surface area contributed by atoms with Gasteiger partial charge in [-0.3, -0.25) is 4.79 Å². The molecule has 7 N–H and O–H groups in total. The average molecular weight is 913 g/mol. The van der Waals surface area contributed by atoms with Crippen LogP contribution in [0.5, 0.6) is 0 Å². The van der Waals surface area contributed by atoms with Crippen molar-refractivity contribution >= 4 is 5.97 Å². The maximum atomic E-state index is 12.9. The summed E-state index contributed by atoms with van der Waals surface area (Å²) >= 11 is 0. The van der Waals surface area contributed by atoms with Crippen LogP contribution in [-0.4, -0.2) is 142 Å². The molecule has 2 saturated heterocycles. The minimum absolute atomic E-state index is 0.0543. The van der Waals surface area contributed by atoms with Crippen LogP contribution in [0.15, 0.2) is 48.6 Å². The molecule has 0 saturated carbocycles. The number of hydrogen-bond acceptors (Lipinski definition) is 14. The van der Waals surface area contributed by atoms with E-state index < -0.39 is 80.7 Å². The highest BCUT2D eigenvalue weighted by molar-refractivity contribution is 5.69. The lowest BCUT2D eigenvalue weighted by atomic mass is 9.98. The van der Waals surface area contributed by atoms with Gasteiger partial charge >= 0.3 is 5.97 Å². The fourth-order valence-electron chi connectivity index (χ4n) is 7.57. The van der Waals surface area contributed by atoms with E-state index in [-0.39, 0.29) is 25.6 Å². The largest absolute Gasteiger partial charge is 0.457 e. The Kier molecular flexibility index (Phi) is 34.5. The quantitative estimate of drug-likeness (QED) is 0.0193. The van der Waals surface area contributed by atoms with E-state index in [2.05, 4.69) is 62.5 Å². The molecule has 0 aromatic carbocycles. The second-order valence-corrected chi connectivity index (χ2v) is 17.3. The van der Waals surface area contributed by atoms with Gasteiger partial charge in [-0.1, -0.05) is 152 Å². The highest BCUT2D eigenvalue weighted by Gasteiger charge is 2.47. The Morgan fingerprint density at radius 1 is 0.531 bits per heavy atom. The zero-order valence-electron chi connectivity index (χ0n) is 39.3. The predicted molar refractivity (Wildman–Crippen MR) is 247 cm³/mol. The summed E-state index contributed by atoms with van der Waals surface area (Å²) in [6.07, 6.45) is 26.1. The molecule has 14 heteroatoms. The van der Waals surface area contributed by atoms with Crippen LogP contribution in [0.1, 0.15) is 162 Å². The molecule has 2 heterocycles. The molecule has 11 atom stereocenters. The van der Waals surface area contributed by atoms with Crippen molar-refractivity contribution in [1.82, 2.24) is 0 Å². The SMILES string of the molecule is CC/C=C\C/C=C\C/C=C\C/C=C\CCCCCCCCCOCC(COC1OC(COC2OC(CO)C(O)C(O)C2O)C(O)C(O)C1O)OC(=O)CCCCCCCCCCCC. The van der Waals surface area contributed by atoms with Gasteiger partial charge in [-0.05, 0) is 51.4 Å². The van der Waals surface area contributed by atoms with Crippen molar-refractivity contribution in [2.24, 2.45) is 0 Å². The number of unbranched alkanes of at least 4 members (excludes halogenated alkanes) is 16. The number of carbonyl (C=O) groups excluding carboxylic acids is 1. The highest BCUT2D eigenvalue weighted by atomic mass is 16.7. The Hall–Kier alpha value is -2.05. The molecule has 14 nitrogen and oxygen atoms in total. The van der Waals surface area contributed by atoms with Crippen molar-refractivity contribution in [3.8, 4) is 0 Å². The molecule has 0 bridgehead atoms. The van der Waals surface area contributed by atoms with Crippen LogP contribution in [0.4, 0.5) is 0 Å². The summed E-state index contributed by atoms with van der Waals surface area (Å²) < 4.78 is 34.2. The van der Waals surface area contributed by atoms with Crippen LogP contribution < -0.4 is 0 Å². The lowest BCUT2D eigenvalue weighted by Gasteiger charge is -2.42. The van der Waals surface area contributed by atoms with Gasteiger partial charge in [0.2, 0.25) is 0 Å². The molecule has 2 aliphatic rings. The summed E-state index contributed by atoms with van der Waals surface area (Å²) in [4.78, 5) is 12.9. The van der Waals surface area contributed by atoms with Gasteiger partial charge in [0.25, 0.3) is 0 Å². The normalized spacial score (nSPS) is 27.1. The number of rotatable bonds is 38. The van der Waals surface area contributed by atoms with Crippen LogP contribution in [0, 0.1) is 0 Å². The van der Waals surface area contributed by atoms with E-state index in [4.69, 9.17) is 28.4 Å². The third-order valence-electron chi connectivity index (χ3n) is 11.6. The van der Waals surface area contributed by atoms with Gasteiger partial charge in [0.05, 0.1) is 26.4 Å². The van der Waals surface area contributed by atoms with Crippen LogP contribution in [-0.2, 0) is 33.2 Å². The minimum atomic E-state index is -1.71. The van der Waals surface area contributed by atoms with Crippen molar-refractivity contribution in [3.05, 3.63) is 48.6 Å². The number of carbonyl (C=O) groups is 1. The lowest BCUT2D eigenvalue weighted by molar-refractivity contribution is -0.332. The number of esters is 1. The predicted octanol–water partition coefficient (Wildman–Crippen LogP) is 6.79. The third kappa shape index (κ3) is 25.7. The van der Waals surface area contributed by atoms with E-state index in [0.717, 1.165) is 70.6 Å². The summed E-state index contributed by atoms with van der Waals surface area (Å²) in [5.74, 6) is -0.384. The molecule has 2 aliphatic heterocycles. The monoisotopic (exact) mass is 913 g/mol. The van der Waals surface area contributed by atoms with E-state index >= 15 is 0 Å². The molecule has 0 aliphatic carbocycles. The van der Waals surface area contributed by atoms with Gasteiger partial charge in [0, 0.05) is 13.0 Å². The summed E-state index contributed by atoms with van der Waals surface area (Å²) in [6, 6.07) is 0. The molecule has 2 rings (SSSR count). The molecule has 0 aromatic heterocycles. The van der Waals surface area contributed by atoms with Crippen molar-refractivity contribution < 1.29 is 69.0 Å².